The second-order valence-corrected chi connectivity index (χ2v) is 4.33. The normalized spacial score (nSPS) is 11.1. The maximum atomic E-state index is 11.6. The third kappa shape index (κ3) is 3.77. The first-order valence-corrected chi connectivity index (χ1v) is 5.94. The van der Waals surface area contributed by atoms with Crippen LogP contribution in [0.25, 0.3) is 0 Å². The van der Waals surface area contributed by atoms with Crippen molar-refractivity contribution in [2.24, 2.45) is 0 Å². The molecule has 3 heteroatoms. The van der Waals surface area contributed by atoms with Gasteiger partial charge in [-0.25, -0.2) is 4.79 Å². The van der Waals surface area contributed by atoms with E-state index in [4.69, 9.17) is 9.47 Å². The van der Waals surface area contributed by atoms with E-state index in [1.54, 1.807) is 20.8 Å². The fraction of sp³-hybridized carbons (Fsp3) is 0.500. The molecule has 0 aromatic heterocycles. The van der Waals surface area contributed by atoms with Crippen LogP contribution in [0.1, 0.15) is 33.3 Å². The predicted octanol–water partition coefficient (Wildman–Crippen LogP) is 2.97. The van der Waals surface area contributed by atoms with E-state index in [1.807, 2.05) is 24.3 Å². The van der Waals surface area contributed by atoms with E-state index in [2.05, 4.69) is 6.92 Å². The first-order chi connectivity index (χ1) is 7.99. The van der Waals surface area contributed by atoms with Crippen LogP contribution in [0.4, 0.5) is 0 Å². The van der Waals surface area contributed by atoms with Gasteiger partial charge in [-0.2, -0.15) is 0 Å². The third-order valence-corrected chi connectivity index (χ3v) is 2.47. The van der Waals surface area contributed by atoms with Crippen LogP contribution in [0.3, 0.4) is 0 Å². The molecule has 17 heavy (non-hydrogen) atoms. The molecule has 0 fully saturated rings. The summed E-state index contributed by atoms with van der Waals surface area (Å²) in [5.41, 5.74) is 0.287. The number of benzene rings is 1. The molecule has 0 atom stereocenters. The maximum Gasteiger partial charge on any atom is 0.349 e. The summed E-state index contributed by atoms with van der Waals surface area (Å²) in [6.07, 6.45) is 0.988. The van der Waals surface area contributed by atoms with Crippen molar-refractivity contribution in [1.82, 2.24) is 0 Å². The van der Waals surface area contributed by atoms with E-state index in [1.165, 1.54) is 5.56 Å². The van der Waals surface area contributed by atoms with Crippen molar-refractivity contribution in [2.75, 3.05) is 6.61 Å². The van der Waals surface area contributed by atoms with Crippen LogP contribution in [-0.2, 0) is 16.0 Å². The van der Waals surface area contributed by atoms with Crippen molar-refractivity contribution >= 4 is 5.97 Å². The van der Waals surface area contributed by atoms with Crippen molar-refractivity contribution in [2.45, 2.75) is 39.7 Å². The van der Waals surface area contributed by atoms with E-state index in [9.17, 15) is 4.79 Å². The van der Waals surface area contributed by atoms with Crippen molar-refractivity contribution < 1.29 is 14.3 Å². The third-order valence-electron chi connectivity index (χ3n) is 2.47. The minimum atomic E-state index is -0.955. The SMILES string of the molecule is CCOC(=O)C(C)(C)Oc1ccc(CC)cc1. The molecule has 0 radical (unpaired) electrons. The van der Waals surface area contributed by atoms with Gasteiger partial charge in [-0.3, -0.25) is 0 Å². The first kappa shape index (κ1) is 13.6. The average molecular weight is 236 g/mol. The number of rotatable bonds is 5. The van der Waals surface area contributed by atoms with Crippen LogP contribution in [-0.4, -0.2) is 18.2 Å². The van der Waals surface area contributed by atoms with Crippen molar-refractivity contribution in [3.05, 3.63) is 29.8 Å². The monoisotopic (exact) mass is 236 g/mol. The number of hydrogen-bond donors (Lipinski definition) is 0. The zero-order valence-corrected chi connectivity index (χ0v) is 10.9. The summed E-state index contributed by atoms with van der Waals surface area (Å²) in [7, 11) is 0. The van der Waals surface area contributed by atoms with Gasteiger partial charge in [0, 0.05) is 0 Å². The summed E-state index contributed by atoms with van der Waals surface area (Å²) in [6.45, 7) is 7.65. The van der Waals surface area contributed by atoms with E-state index >= 15 is 0 Å². The number of carbonyl (C=O) groups is 1. The molecule has 0 aliphatic carbocycles. The quantitative estimate of drug-likeness (QED) is 0.737. The van der Waals surface area contributed by atoms with Gasteiger partial charge in [0.25, 0.3) is 0 Å². The highest BCUT2D eigenvalue weighted by Gasteiger charge is 2.31. The molecule has 0 amide bonds. The number of aryl methyl sites for hydroxylation is 1. The average Bonchev–Trinajstić information content (AvgIpc) is 2.30. The summed E-state index contributed by atoms with van der Waals surface area (Å²) < 4.78 is 10.6. The Morgan fingerprint density at radius 2 is 1.76 bits per heavy atom. The van der Waals surface area contributed by atoms with Crippen molar-refractivity contribution in [3.8, 4) is 5.75 Å². The molecule has 0 bridgehead atoms. The molecule has 0 unspecified atom stereocenters. The molecular formula is C14H20O3. The van der Waals surface area contributed by atoms with Crippen LogP contribution in [0.2, 0.25) is 0 Å². The van der Waals surface area contributed by atoms with Gasteiger partial charge in [0.05, 0.1) is 6.61 Å². The predicted molar refractivity (Wildman–Crippen MR) is 67.2 cm³/mol. The van der Waals surface area contributed by atoms with Crippen LogP contribution < -0.4 is 4.74 Å². The number of esters is 1. The van der Waals surface area contributed by atoms with Crippen molar-refractivity contribution in [1.29, 1.82) is 0 Å². The largest absolute Gasteiger partial charge is 0.476 e. The van der Waals surface area contributed by atoms with E-state index in [0.717, 1.165) is 6.42 Å². The molecule has 0 spiro atoms. The second kappa shape index (κ2) is 5.71. The Morgan fingerprint density at radius 1 is 1.18 bits per heavy atom. The Bertz CT molecular complexity index is 366. The minimum Gasteiger partial charge on any atom is -0.476 e. The molecule has 0 aliphatic heterocycles. The molecule has 0 aliphatic rings. The Labute approximate surface area is 103 Å². The lowest BCUT2D eigenvalue weighted by Gasteiger charge is -2.24. The van der Waals surface area contributed by atoms with E-state index in [-0.39, 0.29) is 5.97 Å². The van der Waals surface area contributed by atoms with Crippen LogP contribution >= 0.6 is 0 Å². The molecule has 1 aromatic rings. The van der Waals surface area contributed by atoms with Gasteiger partial charge < -0.3 is 9.47 Å². The molecule has 1 rings (SSSR count). The zero-order chi connectivity index (χ0) is 12.9. The highest BCUT2D eigenvalue weighted by atomic mass is 16.6. The highest BCUT2D eigenvalue weighted by molar-refractivity contribution is 5.79. The lowest BCUT2D eigenvalue weighted by Crippen LogP contribution is -2.39. The fourth-order valence-electron chi connectivity index (χ4n) is 1.43. The van der Waals surface area contributed by atoms with Crippen LogP contribution in [0, 0.1) is 0 Å². The summed E-state index contributed by atoms with van der Waals surface area (Å²) in [4.78, 5) is 11.6. The maximum absolute atomic E-state index is 11.6. The Morgan fingerprint density at radius 3 is 2.24 bits per heavy atom. The van der Waals surface area contributed by atoms with Crippen LogP contribution in [0.15, 0.2) is 24.3 Å². The molecule has 0 N–H and O–H groups in total. The molecular weight excluding hydrogens is 216 g/mol. The van der Waals surface area contributed by atoms with Gasteiger partial charge in [-0.05, 0) is 44.9 Å². The topological polar surface area (TPSA) is 35.5 Å². The molecule has 0 saturated heterocycles. The van der Waals surface area contributed by atoms with Gasteiger partial charge >= 0.3 is 5.97 Å². The lowest BCUT2D eigenvalue weighted by molar-refractivity contribution is -0.158. The Hall–Kier alpha value is -1.51. The molecule has 0 heterocycles. The number of hydrogen-bond acceptors (Lipinski definition) is 3. The fourth-order valence-corrected chi connectivity index (χ4v) is 1.43. The van der Waals surface area contributed by atoms with E-state index < -0.39 is 5.60 Å². The minimum absolute atomic E-state index is 0.348. The zero-order valence-electron chi connectivity index (χ0n) is 10.9. The summed E-state index contributed by atoms with van der Waals surface area (Å²) in [5, 5.41) is 0. The Balaban J connectivity index is 2.71. The highest BCUT2D eigenvalue weighted by Crippen LogP contribution is 2.20. The molecule has 94 valence electrons. The lowest BCUT2D eigenvalue weighted by atomic mass is 10.1. The molecule has 0 saturated carbocycles. The summed E-state index contributed by atoms with van der Waals surface area (Å²) in [6, 6.07) is 7.74. The standard InChI is InChI=1S/C14H20O3/c1-5-11-7-9-12(10-8-11)17-14(3,4)13(15)16-6-2/h7-10H,5-6H2,1-4H3. The number of carbonyl (C=O) groups excluding carboxylic acids is 1. The van der Waals surface area contributed by atoms with Crippen molar-refractivity contribution in [3.63, 3.8) is 0 Å². The first-order valence-electron chi connectivity index (χ1n) is 5.94. The van der Waals surface area contributed by atoms with Gasteiger partial charge in [0.2, 0.25) is 0 Å². The van der Waals surface area contributed by atoms with Gasteiger partial charge in [0.15, 0.2) is 5.60 Å². The van der Waals surface area contributed by atoms with Gasteiger partial charge in [0.1, 0.15) is 5.75 Å². The smallest absolute Gasteiger partial charge is 0.349 e. The molecule has 3 nitrogen and oxygen atoms in total. The molecule has 1 aromatic carbocycles. The second-order valence-electron chi connectivity index (χ2n) is 4.33. The van der Waals surface area contributed by atoms with Gasteiger partial charge in [-0.15, -0.1) is 0 Å². The number of ether oxygens (including phenoxy) is 2. The summed E-state index contributed by atoms with van der Waals surface area (Å²) >= 11 is 0. The van der Waals surface area contributed by atoms with Crippen LogP contribution in [0.5, 0.6) is 5.75 Å². The van der Waals surface area contributed by atoms with Gasteiger partial charge in [-0.1, -0.05) is 19.1 Å². The Kier molecular flexibility index (Phi) is 4.55. The summed E-state index contributed by atoms with van der Waals surface area (Å²) in [5.74, 6) is 0.333. The van der Waals surface area contributed by atoms with E-state index in [0.29, 0.717) is 12.4 Å².